The summed E-state index contributed by atoms with van der Waals surface area (Å²) >= 11 is 7.20. The van der Waals surface area contributed by atoms with Crippen LogP contribution in [0, 0.1) is 10.1 Å². The first-order valence-electron chi connectivity index (χ1n) is 5.34. The molecule has 0 saturated heterocycles. The van der Waals surface area contributed by atoms with Crippen LogP contribution in [0.25, 0.3) is 0 Å². The number of hydrogen-bond acceptors (Lipinski definition) is 6. The second-order valence-corrected chi connectivity index (χ2v) is 5.01. The predicted octanol–water partition coefficient (Wildman–Crippen LogP) is 2.27. The fourth-order valence-corrected chi connectivity index (χ4v) is 2.47. The fraction of sp³-hybridized carbons (Fsp3) is 0.200. The number of nitro groups is 1. The van der Waals surface area contributed by atoms with Gasteiger partial charge in [0.25, 0.3) is 5.69 Å². The van der Waals surface area contributed by atoms with Crippen LogP contribution in [0.1, 0.15) is 12.7 Å². The van der Waals surface area contributed by atoms with E-state index in [9.17, 15) is 10.1 Å². The molecular weight excluding hydrogens is 290 g/mol. The summed E-state index contributed by atoms with van der Waals surface area (Å²) in [4.78, 5) is 10.7. The first-order chi connectivity index (χ1) is 9.02. The van der Waals surface area contributed by atoms with Crippen LogP contribution < -0.4 is 5.84 Å². The third-order valence-electron chi connectivity index (χ3n) is 2.38. The van der Waals surface area contributed by atoms with Crippen molar-refractivity contribution >= 4 is 29.1 Å². The molecular formula is C10H10ClN5O2S. The maximum Gasteiger partial charge on any atom is 0.270 e. The summed E-state index contributed by atoms with van der Waals surface area (Å²) < 4.78 is 1.38. The molecule has 0 aliphatic carbocycles. The Bertz CT molecular complexity index is 630. The number of non-ortho nitro benzene ring substituents is 1. The molecule has 0 amide bonds. The van der Waals surface area contributed by atoms with E-state index >= 15 is 0 Å². The molecule has 2 aromatic rings. The van der Waals surface area contributed by atoms with Crippen LogP contribution in [0.4, 0.5) is 5.69 Å². The standard InChI is InChI=1S/C10H10ClN5O2S/c1-2-9-13-14-10(15(9)12)19-8-4-3-6(16(17)18)5-7(8)11/h3-5H,2,12H2,1H3. The Morgan fingerprint density at radius 1 is 1.53 bits per heavy atom. The maximum atomic E-state index is 10.6. The zero-order chi connectivity index (χ0) is 14.0. The molecule has 1 aromatic carbocycles. The highest BCUT2D eigenvalue weighted by Gasteiger charge is 2.14. The van der Waals surface area contributed by atoms with Gasteiger partial charge in [0.1, 0.15) is 0 Å². The Hall–Kier alpha value is -1.80. The normalized spacial score (nSPS) is 10.6. The van der Waals surface area contributed by atoms with Crippen molar-refractivity contribution in [2.24, 2.45) is 0 Å². The molecule has 0 radical (unpaired) electrons. The number of nitrogens with zero attached hydrogens (tertiary/aromatic N) is 4. The molecule has 2 N–H and O–H groups in total. The number of nitrogens with two attached hydrogens (primary N) is 1. The lowest BCUT2D eigenvalue weighted by Crippen LogP contribution is -2.13. The Labute approximate surface area is 117 Å². The monoisotopic (exact) mass is 299 g/mol. The lowest BCUT2D eigenvalue weighted by molar-refractivity contribution is -0.384. The third kappa shape index (κ3) is 2.79. The van der Waals surface area contributed by atoms with Gasteiger partial charge in [-0.3, -0.25) is 10.1 Å². The quantitative estimate of drug-likeness (QED) is 0.528. The summed E-state index contributed by atoms with van der Waals surface area (Å²) in [5.74, 6) is 6.46. The minimum absolute atomic E-state index is 0.0576. The Morgan fingerprint density at radius 3 is 2.79 bits per heavy atom. The van der Waals surface area contributed by atoms with E-state index in [0.29, 0.717) is 22.3 Å². The van der Waals surface area contributed by atoms with Crippen molar-refractivity contribution < 1.29 is 4.92 Å². The first-order valence-corrected chi connectivity index (χ1v) is 6.53. The minimum atomic E-state index is -0.499. The van der Waals surface area contributed by atoms with Crippen molar-refractivity contribution in [3.8, 4) is 0 Å². The molecule has 9 heteroatoms. The summed E-state index contributed by atoms with van der Waals surface area (Å²) in [6.07, 6.45) is 0.665. The highest BCUT2D eigenvalue weighted by Crippen LogP contribution is 2.34. The van der Waals surface area contributed by atoms with Gasteiger partial charge in [0.2, 0.25) is 5.16 Å². The second kappa shape index (κ2) is 5.45. The Kier molecular flexibility index (Phi) is 3.91. The van der Waals surface area contributed by atoms with Crippen LogP contribution in [0.15, 0.2) is 28.3 Å². The largest absolute Gasteiger partial charge is 0.336 e. The summed E-state index contributed by atoms with van der Waals surface area (Å²) in [5, 5.41) is 19.2. The van der Waals surface area contributed by atoms with Gasteiger partial charge in [0.05, 0.1) is 9.95 Å². The van der Waals surface area contributed by atoms with E-state index in [1.165, 1.54) is 28.6 Å². The van der Waals surface area contributed by atoms with Crippen molar-refractivity contribution in [3.05, 3.63) is 39.2 Å². The molecule has 2 rings (SSSR count). The second-order valence-electron chi connectivity index (χ2n) is 3.60. The number of nitrogen functional groups attached to an aromatic ring is 1. The first kappa shape index (κ1) is 13.6. The van der Waals surface area contributed by atoms with Crippen LogP contribution in [-0.2, 0) is 6.42 Å². The number of halogens is 1. The van der Waals surface area contributed by atoms with E-state index in [-0.39, 0.29) is 10.7 Å². The molecule has 0 fully saturated rings. The molecule has 0 aliphatic rings. The van der Waals surface area contributed by atoms with Gasteiger partial charge in [-0.05, 0) is 17.8 Å². The zero-order valence-electron chi connectivity index (χ0n) is 9.91. The molecule has 0 bridgehead atoms. The van der Waals surface area contributed by atoms with Gasteiger partial charge in [0, 0.05) is 23.4 Å². The fourth-order valence-electron chi connectivity index (χ4n) is 1.40. The van der Waals surface area contributed by atoms with Crippen molar-refractivity contribution in [1.82, 2.24) is 14.9 Å². The lowest BCUT2D eigenvalue weighted by atomic mass is 10.3. The number of hydrogen-bond donors (Lipinski definition) is 1. The highest BCUT2D eigenvalue weighted by molar-refractivity contribution is 7.99. The molecule has 19 heavy (non-hydrogen) atoms. The number of benzene rings is 1. The molecule has 100 valence electrons. The van der Waals surface area contributed by atoms with Gasteiger partial charge in [-0.2, -0.15) is 0 Å². The van der Waals surface area contributed by atoms with Crippen LogP contribution >= 0.6 is 23.4 Å². The van der Waals surface area contributed by atoms with E-state index in [4.69, 9.17) is 17.4 Å². The van der Waals surface area contributed by atoms with Crippen molar-refractivity contribution in [2.45, 2.75) is 23.4 Å². The van der Waals surface area contributed by atoms with Crippen molar-refractivity contribution in [3.63, 3.8) is 0 Å². The average Bonchev–Trinajstić information content (AvgIpc) is 2.72. The van der Waals surface area contributed by atoms with Gasteiger partial charge in [0.15, 0.2) is 5.82 Å². The summed E-state index contributed by atoms with van der Waals surface area (Å²) in [7, 11) is 0. The van der Waals surface area contributed by atoms with E-state index in [1.807, 2.05) is 6.92 Å². The molecule has 1 heterocycles. The predicted molar refractivity (Wildman–Crippen MR) is 71.8 cm³/mol. The van der Waals surface area contributed by atoms with Gasteiger partial charge in [-0.25, -0.2) is 4.68 Å². The third-order valence-corrected chi connectivity index (χ3v) is 3.84. The molecule has 0 unspecified atom stereocenters. The van der Waals surface area contributed by atoms with E-state index in [2.05, 4.69) is 10.2 Å². The van der Waals surface area contributed by atoms with Crippen LogP contribution in [0.3, 0.4) is 0 Å². The number of rotatable bonds is 4. The van der Waals surface area contributed by atoms with Crippen molar-refractivity contribution in [2.75, 3.05) is 5.84 Å². The molecule has 7 nitrogen and oxygen atoms in total. The van der Waals surface area contributed by atoms with Gasteiger partial charge in [-0.15, -0.1) is 10.2 Å². The number of aryl methyl sites for hydroxylation is 1. The summed E-state index contributed by atoms with van der Waals surface area (Å²) in [6, 6.07) is 4.24. The average molecular weight is 300 g/mol. The number of aromatic nitrogens is 3. The number of nitro benzene ring substituents is 1. The van der Waals surface area contributed by atoms with Gasteiger partial charge < -0.3 is 5.84 Å². The zero-order valence-corrected chi connectivity index (χ0v) is 11.5. The Balaban J connectivity index is 2.28. The molecule has 1 aromatic heterocycles. The molecule has 0 saturated carbocycles. The molecule has 0 aliphatic heterocycles. The summed E-state index contributed by atoms with van der Waals surface area (Å²) in [6.45, 7) is 1.92. The van der Waals surface area contributed by atoms with Crippen LogP contribution in [0.2, 0.25) is 5.02 Å². The molecule has 0 spiro atoms. The topological polar surface area (TPSA) is 99.9 Å². The van der Waals surface area contributed by atoms with Crippen LogP contribution in [0.5, 0.6) is 0 Å². The lowest BCUT2D eigenvalue weighted by Gasteiger charge is -2.04. The van der Waals surface area contributed by atoms with E-state index < -0.39 is 4.92 Å². The maximum absolute atomic E-state index is 10.6. The Morgan fingerprint density at radius 2 is 2.26 bits per heavy atom. The smallest absolute Gasteiger partial charge is 0.270 e. The van der Waals surface area contributed by atoms with E-state index in [1.54, 1.807) is 6.07 Å². The highest BCUT2D eigenvalue weighted by atomic mass is 35.5. The SMILES string of the molecule is CCc1nnc(Sc2ccc([N+](=O)[O-])cc2Cl)n1N. The van der Waals surface area contributed by atoms with Gasteiger partial charge >= 0.3 is 0 Å². The molecule has 0 atom stereocenters. The van der Waals surface area contributed by atoms with Gasteiger partial charge in [-0.1, -0.05) is 18.5 Å². The van der Waals surface area contributed by atoms with E-state index in [0.717, 1.165) is 0 Å². The summed E-state index contributed by atoms with van der Waals surface area (Å²) in [5.41, 5.74) is -0.0576. The van der Waals surface area contributed by atoms with Crippen molar-refractivity contribution in [1.29, 1.82) is 0 Å². The minimum Gasteiger partial charge on any atom is -0.336 e. The van der Waals surface area contributed by atoms with Crippen LogP contribution in [-0.4, -0.2) is 19.8 Å².